The van der Waals surface area contributed by atoms with Gasteiger partial charge in [0.05, 0.1) is 31.4 Å². The number of sulfonamides is 1. The zero-order valence-corrected chi connectivity index (χ0v) is 25.8. The summed E-state index contributed by atoms with van der Waals surface area (Å²) in [6.45, 7) is 5.10. The maximum absolute atomic E-state index is 14.7. The van der Waals surface area contributed by atoms with Crippen LogP contribution in [0.15, 0.2) is 71.6 Å². The fourth-order valence-corrected chi connectivity index (χ4v) is 5.73. The molecule has 2 amide bonds. The lowest BCUT2D eigenvalue weighted by atomic mass is 10.1. The number of nitrogens with zero attached hydrogens (tertiary/aromatic N) is 2. The van der Waals surface area contributed by atoms with E-state index in [9.17, 15) is 22.4 Å². The first-order valence-corrected chi connectivity index (χ1v) is 15.3. The molecule has 0 radical (unpaired) electrons. The van der Waals surface area contributed by atoms with Gasteiger partial charge in [0.25, 0.3) is 10.0 Å². The van der Waals surface area contributed by atoms with Crippen LogP contribution in [0.25, 0.3) is 0 Å². The van der Waals surface area contributed by atoms with Crippen molar-refractivity contribution in [3.63, 3.8) is 0 Å². The van der Waals surface area contributed by atoms with Gasteiger partial charge in [-0.1, -0.05) is 25.1 Å². The minimum Gasteiger partial charge on any atom is -0.494 e. The van der Waals surface area contributed by atoms with Crippen molar-refractivity contribution in [2.24, 2.45) is 0 Å². The molecule has 232 valence electrons. The van der Waals surface area contributed by atoms with Gasteiger partial charge in [0.1, 0.15) is 24.2 Å². The molecule has 3 aromatic rings. The van der Waals surface area contributed by atoms with Crippen molar-refractivity contribution >= 4 is 27.5 Å². The molecule has 3 aromatic carbocycles. The van der Waals surface area contributed by atoms with Crippen molar-refractivity contribution in [2.75, 3.05) is 38.2 Å². The summed E-state index contributed by atoms with van der Waals surface area (Å²) in [6.07, 6.45) is 0.675. The third-order valence-electron chi connectivity index (χ3n) is 6.67. The molecule has 0 saturated carbocycles. The van der Waals surface area contributed by atoms with Crippen molar-refractivity contribution in [3.05, 3.63) is 78.1 Å². The smallest absolute Gasteiger partial charge is 0.264 e. The van der Waals surface area contributed by atoms with Gasteiger partial charge < -0.3 is 24.4 Å². The van der Waals surface area contributed by atoms with Gasteiger partial charge in [-0.25, -0.2) is 12.8 Å². The molecule has 0 aromatic heterocycles. The summed E-state index contributed by atoms with van der Waals surface area (Å²) in [4.78, 5) is 28.0. The second-order valence-electron chi connectivity index (χ2n) is 9.54. The van der Waals surface area contributed by atoms with Gasteiger partial charge in [-0.05, 0) is 62.7 Å². The predicted molar refractivity (Wildman–Crippen MR) is 161 cm³/mol. The normalized spacial score (nSPS) is 11.8. The van der Waals surface area contributed by atoms with Crippen molar-refractivity contribution in [2.45, 2.75) is 44.7 Å². The van der Waals surface area contributed by atoms with E-state index in [4.69, 9.17) is 14.2 Å². The lowest BCUT2D eigenvalue weighted by Crippen LogP contribution is -2.51. The Labute approximate surface area is 252 Å². The first kappa shape index (κ1) is 33.2. The monoisotopic (exact) mass is 615 g/mol. The van der Waals surface area contributed by atoms with Crippen LogP contribution in [0.5, 0.6) is 17.2 Å². The van der Waals surface area contributed by atoms with Crippen LogP contribution >= 0.6 is 0 Å². The van der Waals surface area contributed by atoms with E-state index >= 15 is 0 Å². The Morgan fingerprint density at radius 1 is 0.953 bits per heavy atom. The van der Waals surface area contributed by atoms with Gasteiger partial charge >= 0.3 is 0 Å². The van der Waals surface area contributed by atoms with Crippen LogP contribution in [0.2, 0.25) is 0 Å². The molecular formula is C31H38FN3O7S. The maximum atomic E-state index is 14.7. The number of benzene rings is 3. The summed E-state index contributed by atoms with van der Waals surface area (Å²) in [5.74, 6) is -0.675. The number of halogens is 1. The van der Waals surface area contributed by atoms with E-state index < -0.39 is 40.2 Å². The van der Waals surface area contributed by atoms with Gasteiger partial charge in [-0.15, -0.1) is 0 Å². The third kappa shape index (κ3) is 8.16. The van der Waals surface area contributed by atoms with Crippen molar-refractivity contribution in [1.82, 2.24) is 10.2 Å². The number of hydrogen-bond acceptors (Lipinski definition) is 7. The van der Waals surface area contributed by atoms with E-state index in [1.807, 2.05) is 13.8 Å². The number of hydrogen-bond donors (Lipinski definition) is 1. The standard InChI is InChI=1S/C31H38FN3O7S/c1-6-18-33-31(37)22(3)34(20-23-10-8-9-11-27(23)32)30(36)21-35(24-12-14-25(15-13-24)42-7-2)43(38,39)26-16-17-28(40-4)29(19-26)41-5/h8-17,19,22H,6-7,18,20-21H2,1-5H3,(H,33,37)/t22-/m0/s1. The summed E-state index contributed by atoms with van der Waals surface area (Å²) in [5, 5.41) is 2.75. The zero-order chi connectivity index (χ0) is 31.6. The van der Waals surface area contributed by atoms with Crippen LogP contribution in [-0.2, 0) is 26.2 Å². The van der Waals surface area contributed by atoms with Gasteiger partial charge in [-0.2, -0.15) is 0 Å². The average Bonchev–Trinajstić information content (AvgIpc) is 3.01. The quantitative estimate of drug-likeness (QED) is 0.270. The van der Waals surface area contributed by atoms with Crippen molar-refractivity contribution < 1.29 is 36.6 Å². The SMILES string of the molecule is CCCNC(=O)[C@H](C)N(Cc1ccccc1F)C(=O)CN(c1ccc(OCC)cc1)S(=O)(=O)c1ccc(OC)c(OC)c1. The number of nitrogens with one attached hydrogen (secondary N) is 1. The lowest BCUT2D eigenvalue weighted by molar-refractivity contribution is -0.139. The molecule has 0 saturated heterocycles. The number of methoxy groups -OCH3 is 2. The highest BCUT2D eigenvalue weighted by Crippen LogP contribution is 2.33. The van der Waals surface area contributed by atoms with E-state index in [0.29, 0.717) is 31.1 Å². The molecule has 0 heterocycles. The number of rotatable bonds is 15. The molecule has 43 heavy (non-hydrogen) atoms. The molecular weight excluding hydrogens is 577 g/mol. The minimum atomic E-state index is -4.37. The highest BCUT2D eigenvalue weighted by atomic mass is 32.2. The molecule has 0 aliphatic heterocycles. The van der Waals surface area contributed by atoms with Crippen LogP contribution in [0.1, 0.15) is 32.8 Å². The molecule has 12 heteroatoms. The number of ether oxygens (including phenoxy) is 3. The number of anilines is 1. The van der Waals surface area contributed by atoms with Gasteiger partial charge in [-0.3, -0.25) is 13.9 Å². The molecule has 1 atom stereocenters. The fourth-order valence-electron chi connectivity index (χ4n) is 4.30. The van der Waals surface area contributed by atoms with E-state index in [0.717, 1.165) is 4.31 Å². The van der Waals surface area contributed by atoms with E-state index in [1.54, 1.807) is 18.2 Å². The summed E-state index contributed by atoms with van der Waals surface area (Å²) in [7, 11) is -1.56. The van der Waals surface area contributed by atoms with Gasteiger partial charge in [0.15, 0.2) is 11.5 Å². The Morgan fingerprint density at radius 2 is 1.63 bits per heavy atom. The fraction of sp³-hybridized carbons (Fsp3) is 0.355. The Bertz CT molecular complexity index is 1500. The second kappa shape index (κ2) is 15.2. The highest BCUT2D eigenvalue weighted by molar-refractivity contribution is 7.92. The summed E-state index contributed by atoms with van der Waals surface area (Å²) >= 11 is 0. The number of amides is 2. The highest BCUT2D eigenvalue weighted by Gasteiger charge is 2.33. The first-order chi connectivity index (χ1) is 20.6. The Kier molecular flexibility index (Phi) is 11.8. The van der Waals surface area contributed by atoms with Crippen LogP contribution in [0.4, 0.5) is 10.1 Å². The molecule has 0 bridgehead atoms. The summed E-state index contributed by atoms with van der Waals surface area (Å²) in [6, 6.07) is 15.2. The number of carbonyl (C=O) groups is 2. The summed E-state index contributed by atoms with van der Waals surface area (Å²) in [5.41, 5.74) is 0.363. The molecule has 0 aliphatic carbocycles. The molecule has 0 fully saturated rings. The van der Waals surface area contributed by atoms with Crippen molar-refractivity contribution in [3.8, 4) is 17.2 Å². The average molecular weight is 616 g/mol. The van der Waals surface area contributed by atoms with Crippen molar-refractivity contribution in [1.29, 1.82) is 0 Å². The molecule has 10 nitrogen and oxygen atoms in total. The largest absolute Gasteiger partial charge is 0.494 e. The molecule has 1 N–H and O–H groups in total. The molecule has 0 aliphatic rings. The molecule has 0 spiro atoms. The Hall–Kier alpha value is -4.32. The molecule has 0 unspecified atom stereocenters. The zero-order valence-electron chi connectivity index (χ0n) is 25.0. The Morgan fingerprint density at radius 3 is 2.23 bits per heavy atom. The maximum Gasteiger partial charge on any atom is 0.264 e. The number of carbonyl (C=O) groups excluding carboxylic acids is 2. The van der Waals surface area contributed by atoms with E-state index in [2.05, 4.69) is 5.32 Å². The Balaban J connectivity index is 2.08. The molecule has 3 rings (SSSR count). The van der Waals surface area contributed by atoms with Gasteiger partial charge in [0.2, 0.25) is 11.8 Å². The summed E-state index contributed by atoms with van der Waals surface area (Å²) < 4.78 is 59.9. The van der Waals surface area contributed by atoms with Gasteiger partial charge in [0, 0.05) is 24.7 Å². The topological polar surface area (TPSA) is 114 Å². The predicted octanol–water partition coefficient (Wildman–Crippen LogP) is 4.38. The van der Waals surface area contributed by atoms with Crippen LogP contribution < -0.4 is 23.8 Å². The second-order valence-corrected chi connectivity index (χ2v) is 11.4. The van der Waals surface area contributed by atoms with Crippen LogP contribution in [-0.4, -0.2) is 65.1 Å². The third-order valence-corrected chi connectivity index (χ3v) is 8.44. The minimum absolute atomic E-state index is 0.152. The lowest BCUT2D eigenvalue weighted by Gasteiger charge is -2.32. The first-order valence-electron chi connectivity index (χ1n) is 13.9. The van der Waals surface area contributed by atoms with E-state index in [-0.39, 0.29) is 28.4 Å². The van der Waals surface area contributed by atoms with E-state index in [1.165, 1.54) is 74.6 Å². The van der Waals surface area contributed by atoms with Crippen LogP contribution in [0.3, 0.4) is 0 Å². The van der Waals surface area contributed by atoms with Crippen LogP contribution in [0, 0.1) is 5.82 Å².